The Morgan fingerprint density at radius 1 is 1.53 bits per heavy atom. The highest BCUT2D eigenvalue weighted by Crippen LogP contribution is 2.28. The topological polar surface area (TPSA) is 52.0 Å². The molecule has 19 heavy (non-hydrogen) atoms. The van der Waals surface area contributed by atoms with E-state index in [2.05, 4.69) is 36.2 Å². The van der Waals surface area contributed by atoms with Crippen LogP contribution in [0.25, 0.3) is 0 Å². The van der Waals surface area contributed by atoms with Crippen LogP contribution in [0.2, 0.25) is 0 Å². The molecule has 2 rings (SSSR count). The summed E-state index contributed by atoms with van der Waals surface area (Å²) in [6.45, 7) is 7.37. The van der Waals surface area contributed by atoms with E-state index in [1.165, 1.54) is 0 Å². The molecule has 108 valence electrons. The van der Waals surface area contributed by atoms with E-state index in [9.17, 15) is 0 Å². The summed E-state index contributed by atoms with van der Waals surface area (Å²) in [6, 6.07) is 0.769. The van der Waals surface area contributed by atoms with Gasteiger partial charge in [0.2, 0.25) is 0 Å². The van der Waals surface area contributed by atoms with Crippen LogP contribution in [0.15, 0.2) is 6.33 Å². The predicted octanol–water partition coefficient (Wildman–Crippen LogP) is 1.80. The first-order valence-corrected chi connectivity index (χ1v) is 7.34. The van der Waals surface area contributed by atoms with Crippen molar-refractivity contribution in [3.63, 3.8) is 0 Å². The second-order valence-corrected chi connectivity index (χ2v) is 5.58. The lowest BCUT2D eigenvalue weighted by Crippen LogP contribution is -2.40. The van der Waals surface area contributed by atoms with Crippen LogP contribution in [0.1, 0.15) is 45.5 Å². The predicted molar refractivity (Wildman–Crippen MR) is 75.1 cm³/mol. The highest BCUT2D eigenvalue weighted by Gasteiger charge is 2.33. The van der Waals surface area contributed by atoms with Crippen LogP contribution >= 0.6 is 0 Å². The van der Waals surface area contributed by atoms with E-state index in [-0.39, 0.29) is 0 Å². The average molecular weight is 266 g/mol. The molecule has 1 aliphatic rings. The lowest BCUT2D eigenvalue weighted by atomic mass is 9.89. The van der Waals surface area contributed by atoms with E-state index in [0.717, 1.165) is 31.7 Å². The molecule has 0 aliphatic carbocycles. The zero-order valence-corrected chi connectivity index (χ0v) is 12.5. The molecule has 0 saturated carbocycles. The highest BCUT2D eigenvalue weighted by molar-refractivity contribution is 4.96. The Morgan fingerprint density at radius 3 is 2.95 bits per heavy atom. The summed E-state index contributed by atoms with van der Waals surface area (Å²) >= 11 is 0. The Hall–Kier alpha value is -0.940. The third-order valence-electron chi connectivity index (χ3n) is 4.09. The van der Waals surface area contributed by atoms with Gasteiger partial charge in [-0.05, 0) is 33.7 Å². The Kier molecular flexibility index (Phi) is 4.93. The Balaban J connectivity index is 2.08. The number of hydrogen-bond donors (Lipinski definition) is 1. The van der Waals surface area contributed by atoms with Crippen molar-refractivity contribution in [2.75, 3.05) is 13.7 Å². The van der Waals surface area contributed by atoms with Gasteiger partial charge in [0.25, 0.3) is 0 Å². The molecule has 1 fully saturated rings. The summed E-state index contributed by atoms with van der Waals surface area (Å²) in [5, 5.41) is 7.77. The maximum Gasteiger partial charge on any atom is 0.138 e. The van der Waals surface area contributed by atoms with Gasteiger partial charge in [-0.2, -0.15) is 5.10 Å². The van der Waals surface area contributed by atoms with Gasteiger partial charge in [-0.25, -0.2) is 9.67 Å². The van der Waals surface area contributed by atoms with Crippen molar-refractivity contribution < 1.29 is 4.74 Å². The number of aromatic nitrogens is 3. The lowest BCUT2D eigenvalue weighted by molar-refractivity contribution is 0.0779. The quantitative estimate of drug-likeness (QED) is 0.853. The van der Waals surface area contributed by atoms with Crippen molar-refractivity contribution in [2.45, 2.75) is 58.2 Å². The monoisotopic (exact) mass is 266 g/mol. The lowest BCUT2D eigenvalue weighted by Gasteiger charge is -2.26. The first-order chi connectivity index (χ1) is 9.17. The number of nitrogens with zero attached hydrogens (tertiary/aromatic N) is 3. The fourth-order valence-corrected chi connectivity index (χ4v) is 3.06. The van der Waals surface area contributed by atoms with Crippen LogP contribution in [0, 0.1) is 5.92 Å². The Morgan fingerprint density at radius 2 is 2.32 bits per heavy atom. The summed E-state index contributed by atoms with van der Waals surface area (Å²) in [5.41, 5.74) is 0. The number of hydrogen-bond acceptors (Lipinski definition) is 4. The third kappa shape index (κ3) is 3.15. The van der Waals surface area contributed by atoms with Gasteiger partial charge in [-0.15, -0.1) is 0 Å². The summed E-state index contributed by atoms with van der Waals surface area (Å²) in [7, 11) is 2.03. The maximum atomic E-state index is 5.81. The Bertz CT molecular complexity index is 391. The number of nitrogens with one attached hydrogen (secondary N) is 1. The van der Waals surface area contributed by atoms with Crippen LogP contribution < -0.4 is 5.32 Å². The summed E-state index contributed by atoms with van der Waals surface area (Å²) in [4.78, 5) is 4.42. The molecule has 1 aromatic rings. The van der Waals surface area contributed by atoms with E-state index < -0.39 is 0 Å². The largest absolute Gasteiger partial charge is 0.378 e. The number of likely N-dealkylation sites (N-methyl/N-ethyl adjacent to an activating group) is 1. The van der Waals surface area contributed by atoms with Crippen molar-refractivity contribution in [1.29, 1.82) is 0 Å². The molecule has 0 amide bonds. The first kappa shape index (κ1) is 14.5. The Labute approximate surface area is 115 Å². The minimum Gasteiger partial charge on any atom is -0.378 e. The third-order valence-corrected chi connectivity index (χ3v) is 4.09. The van der Waals surface area contributed by atoms with Gasteiger partial charge >= 0.3 is 0 Å². The van der Waals surface area contributed by atoms with Crippen LogP contribution in [0.3, 0.4) is 0 Å². The minimum atomic E-state index is 0.358. The SMILES string of the molecule is CCC1OCCC1C(Cc1ncnn1C(C)C)NC. The average Bonchev–Trinajstić information content (AvgIpc) is 3.04. The molecule has 1 aromatic heterocycles. The smallest absolute Gasteiger partial charge is 0.138 e. The maximum absolute atomic E-state index is 5.81. The molecule has 5 heteroatoms. The van der Waals surface area contributed by atoms with E-state index in [1.54, 1.807) is 6.33 Å². The van der Waals surface area contributed by atoms with Crippen molar-refractivity contribution in [1.82, 2.24) is 20.1 Å². The molecule has 2 heterocycles. The molecule has 0 spiro atoms. The van der Waals surface area contributed by atoms with Crippen LogP contribution in [-0.2, 0) is 11.2 Å². The standard InChI is InChI=1S/C14H26N4O/c1-5-13-11(6-7-19-13)12(15-4)8-14-16-9-17-18(14)10(2)3/h9-13,15H,5-8H2,1-4H3. The van der Waals surface area contributed by atoms with Gasteiger partial charge in [0.15, 0.2) is 0 Å². The molecule has 1 saturated heterocycles. The molecule has 1 aliphatic heterocycles. The van der Waals surface area contributed by atoms with Crippen molar-refractivity contribution in [3.8, 4) is 0 Å². The second kappa shape index (κ2) is 6.48. The summed E-state index contributed by atoms with van der Waals surface area (Å²) in [5.74, 6) is 1.64. The second-order valence-electron chi connectivity index (χ2n) is 5.58. The van der Waals surface area contributed by atoms with Gasteiger partial charge in [-0.3, -0.25) is 0 Å². The van der Waals surface area contributed by atoms with Gasteiger partial charge in [0.05, 0.1) is 6.10 Å². The van der Waals surface area contributed by atoms with Gasteiger partial charge in [0, 0.05) is 31.0 Å². The number of ether oxygens (including phenoxy) is 1. The molecule has 0 bridgehead atoms. The molecule has 5 nitrogen and oxygen atoms in total. The highest BCUT2D eigenvalue weighted by atomic mass is 16.5. The zero-order chi connectivity index (χ0) is 13.8. The van der Waals surface area contributed by atoms with E-state index >= 15 is 0 Å². The molecule has 1 N–H and O–H groups in total. The first-order valence-electron chi connectivity index (χ1n) is 7.34. The fourth-order valence-electron chi connectivity index (χ4n) is 3.06. The van der Waals surface area contributed by atoms with Gasteiger partial charge in [0.1, 0.15) is 12.2 Å². The van der Waals surface area contributed by atoms with E-state index in [0.29, 0.717) is 24.1 Å². The van der Waals surface area contributed by atoms with Crippen LogP contribution in [-0.4, -0.2) is 40.6 Å². The fraction of sp³-hybridized carbons (Fsp3) is 0.857. The molecule has 0 radical (unpaired) electrons. The van der Waals surface area contributed by atoms with Crippen LogP contribution in [0.4, 0.5) is 0 Å². The molecular weight excluding hydrogens is 240 g/mol. The van der Waals surface area contributed by atoms with Crippen molar-refractivity contribution in [3.05, 3.63) is 12.2 Å². The van der Waals surface area contributed by atoms with E-state index in [4.69, 9.17) is 4.74 Å². The molecule has 3 unspecified atom stereocenters. The minimum absolute atomic E-state index is 0.358. The molecule has 0 aromatic carbocycles. The molecular formula is C14H26N4O. The normalized spacial score (nSPS) is 25.1. The molecule has 3 atom stereocenters. The van der Waals surface area contributed by atoms with Crippen LogP contribution in [0.5, 0.6) is 0 Å². The summed E-state index contributed by atoms with van der Waals surface area (Å²) < 4.78 is 7.83. The summed E-state index contributed by atoms with van der Waals surface area (Å²) in [6.07, 6.45) is 5.18. The number of rotatable bonds is 6. The van der Waals surface area contributed by atoms with Gasteiger partial charge < -0.3 is 10.1 Å². The van der Waals surface area contributed by atoms with Crippen molar-refractivity contribution in [2.24, 2.45) is 5.92 Å². The zero-order valence-electron chi connectivity index (χ0n) is 12.5. The van der Waals surface area contributed by atoms with Gasteiger partial charge in [-0.1, -0.05) is 6.92 Å². The van der Waals surface area contributed by atoms with E-state index in [1.807, 2.05) is 11.7 Å². The van der Waals surface area contributed by atoms with Crippen molar-refractivity contribution >= 4 is 0 Å².